The molecular formula is C17H25NO3S2. The average Bonchev–Trinajstić information content (AvgIpc) is 2.89. The van der Waals surface area contributed by atoms with Gasteiger partial charge in [0.05, 0.1) is 12.2 Å². The molecule has 1 amide bonds. The summed E-state index contributed by atoms with van der Waals surface area (Å²) in [6.45, 7) is 4.36. The number of carbonyl (C=O) groups is 2. The van der Waals surface area contributed by atoms with Gasteiger partial charge in [-0.15, -0.1) is 11.3 Å². The van der Waals surface area contributed by atoms with E-state index in [9.17, 15) is 9.59 Å². The molecule has 0 fully saturated rings. The number of hydrogen-bond donors (Lipinski definition) is 1. The van der Waals surface area contributed by atoms with Crippen molar-refractivity contribution < 1.29 is 14.3 Å². The standard InChI is InChI=1S/C17H25NO3S2/c1-4-11-6-7-12-13(10-11)23-16(15(12)17(20)21-5-2)18-14(19)8-9-22-3/h11H,4-10H2,1-3H3,(H,18,19)/t11-/m0/s1. The summed E-state index contributed by atoms with van der Waals surface area (Å²) in [4.78, 5) is 25.7. The highest BCUT2D eigenvalue weighted by Gasteiger charge is 2.29. The predicted octanol–water partition coefficient (Wildman–Crippen LogP) is 4.13. The Labute approximate surface area is 146 Å². The highest BCUT2D eigenvalue weighted by Crippen LogP contribution is 2.40. The van der Waals surface area contributed by atoms with Crippen molar-refractivity contribution in [1.29, 1.82) is 0 Å². The fraction of sp³-hybridized carbons (Fsp3) is 0.647. The van der Waals surface area contributed by atoms with Crippen molar-refractivity contribution in [3.63, 3.8) is 0 Å². The monoisotopic (exact) mass is 355 g/mol. The first kappa shape index (κ1) is 18.3. The van der Waals surface area contributed by atoms with Gasteiger partial charge in [-0.05, 0) is 43.9 Å². The van der Waals surface area contributed by atoms with E-state index in [2.05, 4.69) is 12.2 Å². The number of thiophene rings is 1. The summed E-state index contributed by atoms with van der Waals surface area (Å²) in [6.07, 6.45) is 6.60. The highest BCUT2D eigenvalue weighted by atomic mass is 32.2. The van der Waals surface area contributed by atoms with Gasteiger partial charge < -0.3 is 10.1 Å². The minimum atomic E-state index is -0.305. The smallest absolute Gasteiger partial charge is 0.341 e. The first-order valence-electron chi connectivity index (χ1n) is 8.21. The fourth-order valence-electron chi connectivity index (χ4n) is 2.89. The summed E-state index contributed by atoms with van der Waals surface area (Å²) in [5.41, 5.74) is 1.69. The van der Waals surface area contributed by atoms with Crippen LogP contribution in [0.2, 0.25) is 0 Å². The number of thioether (sulfide) groups is 1. The van der Waals surface area contributed by atoms with Crippen LogP contribution in [-0.2, 0) is 22.4 Å². The average molecular weight is 356 g/mol. The molecule has 1 heterocycles. The molecule has 0 bridgehead atoms. The number of anilines is 1. The van der Waals surface area contributed by atoms with Crippen molar-refractivity contribution in [2.45, 2.75) is 46.0 Å². The van der Waals surface area contributed by atoms with Crippen molar-refractivity contribution >= 4 is 40.0 Å². The van der Waals surface area contributed by atoms with E-state index in [1.165, 1.54) is 4.88 Å². The molecule has 6 heteroatoms. The van der Waals surface area contributed by atoms with Gasteiger partial charge in [0.25, 0.3) is 0 Å². The lowest BCUT2D eigenvalue weighted by Crippen LogP contribution is -2.17. The van der Waals surface area contributed by atoms with Crippen LogP contribution in [0.4, 0.5) is 5.00 Å². The van der Waals surface area contributed by atoms with Gasteiger partial charge in [-0.2, -0.15) is 11.8 Å². The van der Waals surface area contributed by atoms with Crippen LogP contribution in [0.5, 0.6) is 0 Å². The third-order valence-electron chi connectivity index (χ3n) is 4.21. The van der Waals surface area contributed by atoms with Crippen LogP contribution >= 0.6 is 23.1 Å². The Morgan fingerprint density at radius 2 is 2.17 bits per heavy atom. The molecule has 2 rings (SSSR count). The minimum absolute atomic E-state index is 0.0319. The molecule has 128 valence electrons. The van der Waals surface area contributed by atoms with Crippen LogP contribution in [0.15, 0.2) is 0 Å². The second kappa shape index (κ2) is 8.73. The van der Waals surface area contributed by atoms with Crippen LogP contribution in [0.3, 0.4) is 0 Å². The Morgan fingerprint density at radius 1 is 1.39 bits per heavy atom. The molecule has 1 aromatic rings. The first-order chi connectivity index (χ1) is 11.1. The number of carbonyl (C=O) groups excluding carboxylic acids is 2. The van der Waals surface area contributed by atoms with Gasteiger partial charge in [0, 0.05) is 17.1 Å². The van der Waals surface area contributed by atoms with Crippen LogP contribution in [-0.4, -0.2) is 30.5 Å². The number of ether oxygens (including phenoxy) is 1. The van der Waals surface area contributed by atoms with E-state index in [1.807, 2.05) is 6.26 Å². The van der Waals surface area contributed by atoms with Gasteiger partial charge >= 0.3 is 5.97 Å². The lowest BCUT2D eigenvalue weighted by atomic mass is 9.85. The van der Waals surface area contributed by atoms with E-state index in [0.717, 1.165) is 37.0 Å². The number of nitrogens with one attached hydrogen (secondary N) is 1. The van der Waals surface area contributed by atoms with Gasteiger partial charge in [0.15, 0.2) is 0 Å². The van der Waals surface area contributed by atoms with Crippen molar-refractivity contribution in [3.8, 4) is 0 Å². The number of amides is 1. The van der Waals surface area contributed by atoms with Crippen molar-refractivity contribution in [3.05, 3.63) is 16.0 Å². The Bertz CT molecular complexity index is 568. The zero-order valence-corrected chi connectivity index (χ0v) is 15.7. The summed E-state index contributed by atoms with van der Waals surface area (Å²) in [7, 11) is 0. The molecule has 0 aromatic carbocycles. The van der Waals surface area contributed by atoms with E-state index in [4.69, 9.17) is 4.74 Å². The highest BCUT2D eigenvalue weighted by molar-refractivity contribution is 7.98. The van der Waals surface area contributed by atoms with Crippen LogP contribution in [0, 0.1) is 5.92 Å². The molecule has 0 radical (unpaired) electrons. The predicted molar refractivity (Wildman–Crippen MR) is 97.7 cm³/mol. The molecule has 1 aliphatic carbocycles. The van der Waals surface area contributed by atoms with Crippen LogP contribution in [0.25, 0.3) is 0 Å². The van der Waals surface area contributed by atoms with E-state index >= 15 is 0 Å². The first-order valence-corrected chi connectivity index (χ1v) is 10.4. The van der Waals surface area contributed by atoms with E-state index in [-0.39, 0.29) is 11.9 Å². The molecule has 0 saturated heterocycles. The summed E-state index contributed by atoms with van der Waals surface area (Å²) in [5, 5.41) is 3.62. The second-order valence-electron chi connectivity index (χ2n) is 5.74. The Kier molecular flexibility index (Phi) is 6.96. The maximum atomic E-state index is 12.4. The van der Waals surface area contributed by atoms with E-state index in [1.54, 1.807) is 30.0 Å². The molecule has 23 heavy (non-hydrogen) atoms. The van der Waals surface area contributed by atoms with E-state index in [0.29, 0.717) is 29.5 Å². The second-order valence-corrected chi connectivity index (χ2v) is 7.83. The van der Waals surface area contributed by atoms with Gasteiger partial charge in [0.2, 0.25) is 5.91 Å². The summed E-state index contributed by atoms with van der Waals surface area (Å²) >= 11 is 3.20. The molecule has 1 aliphatic rings. The molecule has 1 atom stereocenters. The quantitative estimate of drug-likeness (QED) is 0.747. The number of rotatable bonds is 7. The van der Waals surface area contributed by atoms with Gasteiger partial charge in [0.1, 0.15) is 5.00 Å². The van der Waals surface area contributed by atoms with Gasteiger partial charge in [-0.25, -0.2) is 4.79 Å². The maximum Gasteiger partial charge on any atom is 0.341 e. The summed E-state index contributed by atoms with van der Waals surface area (Å²) in [6, 6.07) is 0. The largest absolute Gasteiger partial charge is 0.462 e. The lowest BCUT2D eigenvalue weighted by Gasteiger charge is -2.20. The third kappa shape index (κ3) is 4.51. The van der Waals surface area contributed by atoms with Crippen LogP contribution < -0.4 is 5.32 Å². The molecule has 4 nitrogen and oxygen atoms in total. The van der Waals surface area contributed by atoms with Crippen molar-refractivity contribution in [2.75, 3.05) is 23.9 Å². The SMILES string of the molecule is CCOC(=O)c1c(NC(=O)CCSC)sc2c1CC[C@H](CC)C2. The molecule has 1 N–H and O–H groups in total. The summed E-state index contributed by atoms with van der Waals surface area (Å²) < 4.78 is 5.22. The molecule has 1 aromatic heterocycles. The molecule has 0 aliphatic heterocycles. The zero-order valence-electron chi connectivity index (χ0n) is 14.1. The molecule has 0 unspecified atom stereocenters. The normalized spacial score (nSPS) is 16.7. The van der Waals surface area contributed by atoms with Crippen molar-refractivity contribution in [1.82, 2.24) is 0 Å². The Balaban J connectivity index is 2.27. The minimum Gasteiger partial charge on any atom is -0.462 e. The lowest BCUT2D eigenvalue weighted by molar-refractivity contribution is -0.115. The molecule has 0 spiro atoms. The number of esters is 1. The zero-order chi connectivity index (χ0) is 16.8. The van der Waals surface area contributed by atoms with E-state index < -0.39 is 0 Å². The maximum absolute atomic E-state index is 12.4. The summed E-state index contributed by atoms with van der Waals surface area (Å²) in [5.74, 6) is 1.12. The Hall–Kier alpha value is -1.01. The fourth-order valence-corrected chi connectivity index (χ4v) is 4.65. The Morgan fingerprint density at radius 3 is 2.83 bits per heavy atom. The van der Waals surface area contributed by atoms with Gasteiger partial charge in [-0.1, -0.05) is 13.3 Å². The molecule has 0 saturated carbocycles. The topological polar surface area (TPSA) is 55.4 Å². The number of hydrogen-bond acceptors (Lipinski definition) is 5. The third-order valence-corrected chi connectivity index (χ3v) is 5.99. The van der Waals surface area contributed by atoms with Gasteiger partial charge in [-0.3, -0.25) is 4.79 Å². The number of fused-ring (bicyclic) bond motifs is 1. The van der Waals surface area contributed by atoms with Crippen molar-refractivity contribution in [2.24, 2.45) is 5.92 Å². The molecular weight excluding hydrogens is 330 g/mol. The van der Waals surface area contributed by atoms with Crippen LogP contribution in [0.1, 0.15) is 53.9 Å².